The number of rotatable bonds is 10. The molecule has 0 saturated heterocycles. The topological polar surface area (TPSA) is 107 Å². The van der Waals surface area contributed by atoms with Gasteiger partial charge < -0.3 is 18.3 Å². The fourth-order valence-electron chi connectivity index (χ4n) is 14.2. The van der Waals surface area contributed by atoms with Crippen molar-refractivity contribution < 1.29 is 22.7 Å². The van der Waals surface area contributed by atoms with Gasteiger partial charge in [0.15, 0.2) is 11.5 Å². The largest absolute Gasteiger partial charge is 0.463 e. The predicted molar refractivity (Wildman–Crippen MR) is 497 cm³/mol. The molecule has 9 nitrogen and oxygen atoms in total. The van der Waals surface area contributed by atoms with Crippen LogP contribution in [0.1, 0.15) is 129 Å². The number of halogens is 2. The summed E-state index contributed by atoms with van der Waals surface area (Å²) < 4.78 is 35.5. The van der Waals surface area contributed by atoms with Gasteiger partial charge in [-0.15, -0.1) is 92.8 Å². The third kappa shape index (κ3) is 19.9. The lowest BCUT2D eigenvalue weighted by molar-refractivity contribution is 0.174. The van der Waals surface area contributed by atoms with Crippen LogP contribution in [0.5, 0.6) is 11.5 Å². The van der Waals surface area contributed by atoms with E-state index in [0.29, 0.717) is 26.5 Å². The van der Waals surface area contributed by atoms with Crippen molar-refractivity contribution in [2.75, 3.05) is 6.79 Å². The maximum Gasteiger partial charge on any atom is 0.231 e. The second-order valence-corrected chi connectivity index (χ2v) is 38.1. The van der Waals surface area contributed by atoms with Gasteiger partial charge in [-0.2, -0.15) is 0 Å². The molecule has 19 heteroatoms. The van der Waals surface area contributed by atoms with Gasteiger partial charge >= 0.3 is 0 Å². The Morgan fingerprint density at radius 3 is 0.932 bits per heavy atom. The van der Waals surface area contributed by atoms with Crippen LogP contribution in [0.25, 0.3) is 0 Å². The normalized spacial score (nSPS) is 17.5. The quantitative estimate of drug-likeness (QED) is 0.132. The molecule has 6 aliphatic heterocycles. The zero-order valence-corrected chi connectivity index (χ0v) is 71.9. The predicted octanol–water partition coefficient (Wildman–Crippen LogP) is 31.0. The number of hydrogen-bond donors (Lipinski definition) is 0. The second-order valence-electron chi connectivity index (χ2n) is 28.6. The summed E-state index contributed by atoms with van der Waals surface area (Å²) in [6.07, 6.45) is 7.77. The molecule has 0 spiro atoms. The van der Waals surface area contributed by atoms with Crippen LogP contribution in [-0.4, -0.2) is 35.4 Å². The average Bonchev–Trinajstić information content (AvgIpc) is 1.59. The molecular weight excluding hydrogens is 1630 g/mol. The average molecular weight is 1710 g/mol. The van der Waals surface area contributed by atoms with Crippen LogP contribution >= 0.6 is 104 Å². The minimum atomic E-state index is -0.195. The van der Waals surface area contributed by atoms with Crippen molar-refractivity contribution in [3.8, 4) is 11.5 Å². The van der Waals surface area contributed by atoms with E-state index in [-0.39, 0.29) is 23.1 Å². The summed E-state index contributed by atoms with van der Waals surface area (Å²) in [5.41, 5.74) is 20.8. The van der Waals surface area contributed by atoms with E-state index in [4.69, 9.17) is 54.9 Å². The molecule has 10 aromatic carbocycles. The molecule has 5 unspecified atom stereocenters. The van der Waals surface area contributed by atoms with Gasteiger partial charge in [-0.3, -0.25) is 15.0 Å². The van der Waals surface area contributed by atoms with E-state index in [1.54, 1.807) is 58.3 Å². The van der Waals surface area contributed by atoms with Gasteiger partial charge in [0.1, 0.15) is 17.3 Å². The lowest BCUT2D eigenvalue weighted by atomic mass is 10.0. The van der Waals surface area contributed by atoms with Crippen molar-refractivity contribution in [2.24, 2.45) is 25.0 Å². The molecule has 5 aromatic heterocycles. The summed E-state index contributed by atoms with van der Waals surface area (Å²) in [5, 5.41) is 8.41. The van der Waals surface area contributed by atoms with Crippen LogP contribution in [-0.2, 0) is 0 Å². The van der Waals surface area contributed by atoms with Crippen LogP contribution in [0.3, 0.4) is 0 Å². The van der Waals surface area contributed by atoms with Crippen molar-refractivity contribution >= 4 is 161 Å². The Bertz CT molecular complexity index is 5490. The number of thioether (sulfide) groups is 5. The zero-order chi connectivity index (χ0) is 80.1. The summed E-state index contributed by atoms with van der Waals surface area (Å²) >= 11 is 21.0. The van der Waals surface area contributed by atoms with E-state index in [1.165, 1.54) is 90.3 Å². The molecule has 0 amide bonds. The molecule has 0 aliphatic carbocycles. The molecule has 15 aromatic rings. The van der Waals surface area contributed by atoms with Gasteiger partial charge in [-0.1, -0.05) is 192 Å². The Balaban J connectivity index is 0.000000106. The fourth-order valence-corrected chi connectivity index (χ4v) is 22.8. The third-order valence-corrected chi connectivity index (χ3v) is 29.9. The summed E-state index contributed by atoms with van der Waals surface area (Å²) in [5.74, 6) is 2.89. The first-order chi connectivity index (χ1) is 57.9. The van der Waals surface area contributed by atoms with E-state index in [0.717, 1.165) is 112 Å². The highest BCUT2D eigenvalue weighted by Gasteiger charge is 2.31. The van der Waals surface area contributed by atoms with Gasteiger partial charge in [0.2, 0.25) is 6.79 Å². The van der Waals surface area contributed by atoms with Crippen LogP contribution < -0.4 is 9.47 Å². The van der Waals surface area contributed by atoms with E-state index in [2.05, 4.69) is 237 Å². The fraction of sp³-hybridized carbons (Fsp3) is 0.141. The number of thiophene rings is 3. The third-order valence-electron chi connectivity index (χ3n) is 20.3. The maximum absolute atomic E-state index is 13.2. The van der Waals surface area contributed by atoms with E-state index in [9.17, 15) is 4.39 Å². The molecule has 0 N–H and O–H groups in total. The molecule has 0 fully saturated rings. The lowest BCUT2D eigenvalue weighted by Gasteiger charge is -2.17. The molecule has 118 heavy (non-hydrogen) atoms. The van der Waals surface area contributed by atoms with Gasteiger partial charge in [0.05, 0.1) is 74.5 Å². The Kier molecular flexibility index (Phi) is 26.0. The van der Waals surface area contributed by atoms with Crippen molar-refractivity contribution in [1.29, 1.82) is 0 Å². The van der Waals surface area contributed by atoms with E-state index in [1.807, 2.05) is 126 Å². The first-order valence-corrected chi connectivity index (χ1v) is 46.3. The van der Waals surface area contributed by atoms with Gasteiger partial charge in [0, 0.05) is 97.5 Å². The van der Waals surface area contributed by atoms with Crippen LogP contribution in [0.4, 0.5) is 32.8 Å². The highest BCUT2D eigenvalue weighted by atomic mass is 35.5. The number of fused-ring (bicyclic) bond motifs is 6. The molecule has 21 rings (SSSR count). The van der Waals surface area contributed by atoms with Gasteiger partial charge in [-0.05, 0) is 192 Å². The monoisotopic (exact) mass is 1710 g/mol. The molecule has 5 atom stereocenters. The Labute approximate surface area is 725 Å². The number of benzene rings is 10. The molecule has 0 bridgehead atoms. The van der Waals surface area contributed by atoms with Crippen molar-refractivity contribution in [2.45, 2.75) is 104 Å². The molecule has 0 saturated carbocycles. The first-order valence-electron chi connectivity index (χ1n) is 38.9. The Hall–Kier alpha value is -10.2. The number of ether oxygens (including phenoxy) is 2. The van der Waals surface area contributed by atoms with E-state index >= 15 is 0 Å². The Morgan fingerprint density at radius 1 is 0.314 bits per heavy atom. The summed E-state index contributed by atoms with van der Waals surface area (Å²) in [6.45, 7) is 6.60. The molecular formula is C99H79ClFN5O4S8. The van der Waals surface area contributed by atoms with Gasteiger partial charge in [-0.25, -0.2) is 14.4 Å². The molecule has 11 heterocycles. The summed E-state index contributed by atoms with van der Waals surface area (Å²) in [7, 11) is 0. The molecule has 6 aliphatic rings. The summed E-state index contributed by atoms with van der Waals surface area (Å²) in [4.78, 5) is 34.4. The van der Waals surface area contributed by atoms with Crippen molar-refractivity contribution in [1.82, 2.24) is 0 Å². The standard InChI is InChI=1S/C20H14ClNO2S2.2C20H17NOS.C20H17NS2.C19H14FNS2/c21-13-8-12(9-16-20(13)24-11-23-16)19-10-15(17-6-3-7-25-17)22-14-4-1-2-5-18(14)26-19;2*1-14-8-10-15(11-9-14)20-13-17(18-6-4-12-22-18)21-16-5-2-3-7-19(16)23-20;1-14-8-10-15(11-9-14)20-13-17(18-7-4-12-22-18)21-16-5-2-3-6-19(16)23-20;20-14-9-7-13(8-10-14)19-12-16(17-6-3-11-22-17)21-15-4-1-2-5-18(15)23-19/h1-9,19H,10-11H2;3*2-12,20H,13H2,1H3;1-11,19H,12H2. The van der Waals surface area contributed by atoms with E-state index < -0.39 is 0 Å². The van der Waals surface area contributed by atoms with Crippen LogP contribution in [0, 0.1) is 26.6 Å². The SMILES string of the molecule is Cc1ccc(C2CC(c3ccco3)=Nc3ccccc3S2)cc1.Cc1ccc(C2CC(c3ccco3)=Nc3ccccc3S2)cc1.Cc1ccc(C2CC(c3cccs3)=Nc3ccccc3S2)cc1.Clc1cc(C2CC(c3cccs3)=Nc3ccccc3S2)cc2c1OCO2.Fc1ccc(C2CC(c3cccs3)=Nc3ccccc3S2)cc1. The van der Waals surface area contributed by atoms with Gasteiger partial charge in [0.25, 0.3) is 0 Å². The minimum absolute atomic E-state index is 0.195. The lowest BCUT2D eigenvalue weighted by Crippen LogP contribution is -2.04. The first kappa shape index (κ1) is 80.2. The highest BCUT2D eigenvalue weighted by molar-refractivity contribution is 8.00. The van der Waals surface area contributed by atoms with Crippen molar-refractivity contribution in [3.05, 3.63) is 401 Å². The highest BCUT2D eigenvalue weighted by Crippen LogP contribution is 2.53. The summed E-state index contributed by atoms with van der Waals surface area (Å²) in [6, 6.07) is 99.5. The number of nitrogens with zero attached hydrogens (tertiary/aromatic N) is 5. The molecule has 586 valence electrons. The number of aryl methyl sites for hydroxylation is 3. The number of furan rings is 2. The van der Waals surface area contributed by atoms with Crippen LogP contribution in [0.15, 0.2) is 378 Å². The van der Waals surface area contributed by atoms with Crippen LogP contribution in [0.2, 0.25) is 5.02 Å². The zero-order valence-electron chi connectivity index (χ0n) is 64.6. The smallest absolute Gasteiger partial charge is 0.231 e. The number of hydrogen-bond acceptors (Lipinski definition) is 17. The van der Waals surface area contributed by atoms with Crippen molar-refractivity contribution in [3.63, 3.8) is 0 Å². The number of aliphatic imine (C=N–C) groups is 5. The molecule has 0 radical (unpaired) electrons. The minimum Gasteiger partial charge on any atom is -0.463 e. The number of para-hydroxylation sites is 5. The second kappa shape index (κ2) is 38.2. The maximum atomic E-state index is 13.2. The Morgan fingerprint density at radius 2 is 0.619 bits per heavy atom.